The Morgan fingerprint density at radius 2 is 2.06 bits per heavy atom. The first-order chi connectivity index (χ1) is 7.68. The minimum absolute atomic E-state index is 0.217. The molecule has 1 aliphatic heterocycles. The molecule has 2 nitrogen and oxygen atoms in total. The maximum absolute atomic E-state index is 10.8. The van der Waals surface area contributed by atoms with Gasteiger partial charge in [-0.05, 0) is 31.9 Å². The van der Waals surface area contributed by atoms with E-state index in [1.165, 1.54) is 0 Å². The standard InChI is InChI=1S/C14H21NO/c1-3-10-15-11-9-14(16,12(15)2)13-7-5-4-6-8-13/h4-8,12,16H,3,9-11H2,1-2H3. The summed E-state index contributed by atoms with van der Waals surface area (Å²) in [4.78, 5) is 2.38. The molecule has 0 saturated carbocycles. The molecule has 2 unspecified atom stereocenters. The maximum Gasteiger partial charge on any atom is 0.106 e. The van der Waals surface area contributed by atoms with E-state index in [0.717, 1.165) is 31.5 Å². The first-order valence-corrected chi connectivity index (χ1v) is 6.20. The summed E-state index contributed by atoms with van der Waals surface area (Å²) in [6.45, 7) is 6.40. The van der Waals surface area contributed by atoms with E-state index >= 15 is 0 Å². The van der Waals surface area contributed by atoms with Gasteiger partial charge in [-0.25, -0.2) is 0 Å². The predicted molar refractivity (Wildman–Crippen MR) is 66.3 cm³/mol. The van der Waals surface area contributed by atoms with Crippen LogP contribution in [0.2, 0.25) is 0 Å². The molecule has 0 aliphatic carbocycles. The summed E-state index contributed by atoms with van der Waals surface area (Å²) in [5.74, 6) is 0. The van der Waals surface area contributed by atoms with E-state index in [1.54, 1.807) is 0 Å². The summed E-state index contributed by atoms with van der Waals surface area (Å²) in [6, 6.07) is 10.3. The summed E-state index contributed by atoms with van der Waals surface area (Å²) >= 11 is 0. The van der Waals surface area contributed by atoms with Crippen molar-refractivity contribution in [1.82, 2.24) is 4.90 Å². The molecule has 16 heavy (non-hydrogen) atoms. The van der Waals surface area contributed by atoms with E-state index in [9.17, 15) is 5.11 Å². The van der Waals surface area contributed by atoms with Gasteiger partial charge in [-0.1, -0.05) is 37.3 Å². The van der Waals surface area contributed by atoms with Crippen molar-refractivity contribution in [2.75, 3.05) is 13.1 Å². The minimum Gasteiger partial charge on any atom is -0.383 e. The Bertz CT molecular complexity index is 338. The van der Waals surface area contributed by atoms with Crippen molar-refractivity contribution in [3.8, 4) is 0 Å². The van der Waals surface area contributed by atoms with E-state index in [2.05, 4.69) is 18.7 Å². The SMILES string of the molecule is CCCN1CCC(O)(c2ccccc2)C1C. The molecule has 0 bridgehead atoms. The molecule has 1 heterocycles. The largest absolute Gasteiger partial charge is 0.383 e. The monoisotopic (exact) mass is 219 g/mol. The molecule has 1 aromatic carbocycles. The number of hydrogen-bond donors (Lipinski definition) is 1. The van der Waals surface area contributed by atoms with E-state index in [0.29, 0.717) is 0 Å². The van der Waals surface area contributed by atoms with Crippen molar-refractivity contribution in [1.29, 1.82) is 0 Å². The molecular formula is C14H21NO. The Hall–Kier alpha value is -0.860. The molecule has 0 amide bonds. The van der Waals surface area contributed by atoms with Gasteiger partial charge < -0.3 is 5.11 Å². The number of rotatable bonds is 3. The number of hydrogen-bond acceptors (Lipinski definition) is 2. The Kier molecular flexibility index (Phi) is 3.31. The number of nitrogens with zero attached hydrogens (tertiary/aromatic N) is 1. The lowest BCUT2D eigenvalue weighted by Gasteiger charge is -2.31. The van der Waals surface area contributed by atoms with Gasteiger partial charge in [-0.15, -0.1) is 0 Å². The number of aliphatic hydroxyl groups is 1. The highest BCUT2D eigenvalue weighted by Crippen LogP contribution is 2.37. The first kappa shape index (κ1) is 11.6. The fraction of sp³-hybridized carbons (Fsp3) is 0.571. The molecule has 0 aromatic heterocycles. The molecule has 0 spiro atoms. The number of benzene rings is 1. The van der Waals surface area contributed by atoms with Gasteiger partial charge >= 0.3 is 0 Å². The average Bonchev–Trinajstić information content (AvgIpc) is 2.61. The van der Waals surface area contributed by atoms with Gasteiger partial charge in [-0.2, -0.15) is 0 Å². The second kappa shape index (κ2) is 4.56. The van der Waals surface area contributed by atoms with E-state index in [4.69, 9.17) is 0 Å². The zero-order valence-electron chi connectivity index (χ0n) is 10.2. The second-order valence-corrected chi connectivity index (χ2v) is 4.75. The van der Waals surface area contributed by atoms with E-state index in [1.807, 2.05) is 30.3 Å². The van der Waals surface area contributed by atoms with Crippen molar-refractivity contribution in [2.45, 2.75) is 38.3 Å². The zero-order valence-corrected chi connectivity index (χ0v) is 10.2. The second-order valence-electron chi connectivity index (χ2n) is 4.75. The Balaban J connectivity index is 2.21. The third-order valence-electron chi connectivity index (χ3n) is 3.80. The van der Waals surface area contributed by atoms with Gasteiger partial charge in [0.05, 0.1) is 0 Å². The molecule has 88 valence electrons. The average molecular weight is 219 g/mol. The first-order valence-electron chi connectivity index (χ1n) is 6.20. The Morgan fingerprint density at radius 3 is 2.69 bits per heavy atom. The van der Waals surface area contributed by atoms with Gasteiger partial charge in [0.1, 0.15) is 5.60 Å². The molecule has 0 radical (unpaired) electrons. The van der Waals surface area contributed by atoms with Crippen molar-refractivity contribution in [3.05, 3.63) is 35.9 Å². The third kappa shape index (κ3) is 1.87. The molecule has 2 heteroatoms. The van der Waals surface area contributed by atoms with Gasteiger partial charge in [0, 0.05) is 12.6 Å². The van der Waals surface area contributed by atoms with Gasteiger partial charge in [-0.3, -0.25) is 4.90 Å². The minimum atomic E-state index is -0.656. The van der Waals surface area contributed by atoms with Crippen molar-refractivity contribution < 1.29 is 5.11 Å². The quantitative estimate of drug-likeness (QED) is 0.843. The van der Waals surface area contributed by atoms with E-state index in [-0.39, 0.29) is 6.04 Å². The summed E-state index contributed by atoms with van der Waals surface area (Å²) in [7, 11) is 0. The lowest BCUT2D eigenvalue weighted by molar-refractivity contribution is 0.00631. The normalized spacial score (nSPS) is 30.8. The van der Waals surface area contributed by atoms with Gasteiger partial charge in [0.2, 0.25) is 0 Å². The summed E-state index contributed by atoms with van der Waals surface area (Å²) in [6.07, 6.45) is 1.99. The lowest BCUT2D eigenvalue weighted by Crippen LogP contribution is -2.40. The highest BCUT2D eigenvalue weighted by molar-refractivity contribution is 5.25. The highest BCUT2D eigenvalue weighted by atomic mass is 16.3. The van der Waals surface area contributed by atoms with Crippen LogP contribution in [-0.4, -0.2) is 29.1 Å². The molecule has 2 atom stereocenters. The smallest absolute Gasteiger partial charge is 0.106 e. The third-order valence-corrected chi connectivity index (χ3v) is 3.80. The topological polar surface area (TPSA) is 23.5 Å². The molecule has 1 saturated heterocycles. The van der Waals surface area contributed by atoms with Crippen LogP contribution in [-0.2, 0) is 5.60 Å². The van der Waals surface area contributed by atoms with Crippen LogP contribution < -0.4 is 0 Å². The van der Waals surface area contributed by atoms with Gasteiger partial charge in [0.25, 0.3) is 0 Å². The summed E-state index contributed by atoms with van der Waals surface area (Å²) in [5.41, 5.74) is 0.400. The predicted octanol–water partition coefficient (Wildman–Crippen LogP) is 2.38. The van der Waals surface area contributed by atoms with Crippen LogP contribution in [0, 0.1) is 0 Å². The Morgan fingerprint density at radius 1 is 1.38 bits per heavy atom. The summed E-state index contributed by atoms with van der Waals surface area (Å²) < 4.78 is 0. The van der Waals surface area contributed by atoms with Crippen LogP contribution in [0.25, 0.3) is 0 Å². The van der Waals surface area contributed by atoms with Crippen LogP contribution in [0.15, 0.2) is 30.3 Å². The fourth-order valence-corrected chi connectivity index (χ4v) is 2.72. The fourth-order valence-electron chi connectivity index (χ4n) is 2.72. The van der Waals surface area contributed by atoms with E-state index < -0.39 is 5.60 Å². The van der Waals surface area contributed by atoms with Crippen LogP contribution in [0.1, 0.15) is 32.3 Å². The molecule has 1 aromatic rings. The van der Waals surface area contributed by atoms with Crippen LogP contribution in [0.4, 0.5) is 0 Å². The zero-order chi connectivity index (χ0) is 11.6. The molecular weight excluding hydrogens is 198 g/mol. The van der Waals surface area contributed by atoms with Gasteiger partial charge in [0.15, 0.2) is 0 Å². The van der Waals surface area contributed by atoms with Crippen LogP contribution >= 0.6 is 0 Å². The van der Waals surface area contributed by atoms with Crippen molar-refractivity contribution in [2.24, 2.45) is 0 Å². The number of likely N-dealkylation sites (tertiary alicyclic amines) is 1. The lowest BCUT2D eigenvalue weighted by atomic mass is 9.87. The van der Waals surface area contributed by atoms with Crippen LogP contribution in [0.3, 0.4) is 0 Å². The molecule has 1 aliphatic rings. The summed E-state index contributed by atoms with van der Waals surface area (Å²) in [5, 5.41) is 10.8. The molecule has 1 fully saturated rings. The van der Waals surface area contributed by atoms with Crippen molar-refractivity contribution >= 4 is 0 Å². The molecule has 2 rings (SSSR count). The molecule has 1 N–H and O–H groups in total. The highest BCUT2D eigenvalue weighted by Gasteiger charge is 2.43. The van der Waals surface area contributed by atoms with Crippen LogP contribution in [0.5, 0.6) is 0 Å². The van der Waals surface area contributed by atoms with Crippen molar-refractivity contribution in [3.63, 3.8) is 0 Å². The Labute approximate surface area is 97.9 Å². The maximum atomic E-state index is 10.8.